The highest BCUT2D eigenvalue weighted by molar-refractivity contribution is 9.10. The predicted octanol–water partition coefficient (Wildman–Crippen LogP) is 4.03. The number of rotatable bonds is 1. The minimum Gasteiger partial charge on any atom is -0.497 e. The summed E-state index contributed by atoms with van der Waals surface area (Å²) in [6.07, 6.45) is 1.00. The van der Waals surface area contributed by atoms with Crippen LogP contribution < -0.4 is 4.74 Å². The SMILES string of the molecule is COc1ccc2c(c1)Cc1cc(Br)ccc1-2. The fourth-order valence-corrected chi connectivity index (χ4v) is 2.69. The zero-order chi connectivity index (χ0) is 11.1. The second kappa shape index (κ2) is 3.63. The summed E-state index contributed by atoms with van der Waals surface area (Å²) in [5.74, 6) is 0.936. The highest BCUT2D eigenvalue weighted by Gasteiger charge is 2.18. The van der Waals surface area contributed by atoms with Gasteiger partial charge in [0.25, 0.3) is 0 Å². The van der Waals surface area contributed by atoms with Gasteiger partial charge in [0, 0.05) is 4.47 Å². The fourth-order valence-electron chi connectivity index (χ4n) is 2.28. The van der Waals surface area contributed by atoms with Crippen molar-refractivity contribution in [3.8, 4) is 16.9 Å². The van der Waals surface area contributed by atoms with Crippen molar-refractivity contribution in [3.05, 3.63) is 52.0 Å². The van der Waals surface area contributed by atoms with Gasteiger partial charge in [0.1, 0.15) is 5.75 Å². The lowest BCUT2D eigenvalue weighted by atomic mass is 10.1. The molecule has 3 rings (SSSR count). The quantitative estimate of drug-likeness (QED) is 0.651. The van der Waals surface area contributed by atoms with Gasteiger partial charge >= 0.3 is 0 Å². The first-order valence-corrected chi connectivity index (χ1v) is 6.03. The van der Waals surface area contributed by atoms with Gasteiger partial charge in [0.15, 0.2) is 0 Å². The molecular weight excluding hydrogens is 264 g/mol. The van der Waals surface area contributed by atoms with E-state index in [0.717, 1.165) is 16.6 Å². The van der Waals surface area contributed by atoms with Gasteiger partial charge in [-0.25, -0.2) is 0 Å². The average Bonchev–Trinajstić information content (AvgIpc) is 2.64. The summed E-state index contributed by atoms with van der Waals surface area (Å²) >= 11 is 3.51. The lowest BCUT2D eigenvalue weighted by Gasteiger charge is -2.03. The summed E-state index contributed by atoms with van der Waals surface area (Å²) in [6, 6.07) is 12.8. The zero-order valence-electron chi connectivity index (χ0n) is 8.96. The number of fused-ring (bicyclic) bond motifs is 3. The lowest BCUT2D eigenvalue weighted by molar-refractivity contribution is 0.414. The minimum atomic E-state index is 0.936. The molecule has 0 N–H and O–H groups in total. The van der Waals surface area contributed by atoms with Gasteiger partial charge in [-0.15, -0.1) is 0 Å². The maximum absolute atomic E-state index is 5.25. The second-order valence-electron chi connectivity index (χ2n) is 4.00. The Morgan fingerprint density at radius 3 is 2.44 bits per heavy atom. The fraction of sp³-hybridized carbons (Fsp3) is 0.143. The van der Waals surface area contributed by atoms with Crippen molar-refractivity contribution in [2.75, 3.05) is 7.11 Å². The van der Waals surface area contributed by atoms with Crippen molar-refractivity contribution >= 4 is 15.9 Å². The van der Waals surface area contributed by atoms with Crippen molar-refractivity contribution in [1.82, 2.24) is 0 Å². The van der Waals surface area contributed by atoms with Crippen molar-refractivity contribution in [1.29, 1.82) is 0 Å². The molecular formula is C14H11BrO. The molecule has 2 heteroatoms. The van der Waals surface area contributed by atoms with Crippen LogP contribution in [0.25, 0.3) is 11.1 Å². The Hall–Kier alpha value is -1.28. The topological polar surface area (TPSA) is 9.23 Å². The van der Waals surface area contributed by atoms with Crippen LogP contribution in [0.5, 0.6) is 5.75 Å². The van der Waals surface area contributed by atoms with Gasteiger partial charge < -0.3 is 4.74 Å². The van der Waals surface area contributed by atoms with Gasteiger partial charge in [-0.2, -0.15) is 0 Å². The molecule has 0 saturated carbocycles. The molecule has 1 nitrogen and oxygen atoms in total. The molecule has 0 saturated heterocycles. The van der Waals surface area contributed by atoms with E-state index < -0.39 is 0 Å². The van der Waals surface area contributed by atoms with E-state index >= 15 is 0 Å². The molecule has 2 aromatic rings. The Kier molecular flexibility index (Phi) is 2.25. The maximum atomic E-state index is 5.25. The molecule has 0 aliphatic heterocycles. The third kappa shape index (κ3) is 1.45. The van der Waals surface area contributed by atoms with E-state index in [1.54, 1.807) is 7.11 Å². The van der Waals surface area contributed by atoms with Crippen LogP contribution in [0.2, 0.25) is 0 Å². The molecule has 0 unspecified atom stereocenters. The van der Waals surface area contributed by atoms with Crippen LogP contribution in [0, 0.1) is 0 Å². The Morgan fingerprint density at radius 2 is 1.69 bits per heavy atom. The third-order valence-electron chi connectivity index (χ3n) is 3.05. The summed E-state index contributed by atoms with van der Waals surface area (Å²) < 4.78 is 6.40. The smallest absolute Gasteiger partial charge is 0.119 e. The first-order chi connectivity index (χ1) is 7.78. The molecule has 16 heavy (non-hydrogen) atoms. The van der Waals surface area contributed by atoms with Crippen LogP contribution in [0.1, 0.15) is 11.1 Å². The molecule has 80 valence electrons. The molecule has 0 fully saturated rings. The monoisotopic (exact) mass is 274 g/mol. The average molecular weight is 275 g/mol. The maximum Gasteiger partial charge on any atom is 0.119 e. The van der Waals surface area contributed by atoms with Gasteiger partial charge in [-0.05, 0) is 52.9 Å². The molecule has 0 radical (unpaired) electrons. The second-order valence-corrected chi connectivity index (χ2v) is 4.92. The summed E-state index contributed by atoms with van der Waals surface area (Å²) in [6.45, 7) is 0. The molecule has 0 amide bonds. The van der Waals surface area contributed by atoms with E-state index in [2.05, 4.69) is 46.3 Å². The molecule has 2 aromatic carbocycles. The van der Waals surface area contributed by atoms with Gasteiger partial charge in [-0.1, -0.05) is 28.1 Å². The van der Waals surface area contributed by atoms with E-state index in [4.69, 9.17) is 4.74 Å². The summed E-state index contributed by atoms with van der Waals surface area (Å²) in [4.78, 5) is 0. The summed E-state index contributed by atoms with van der Waals surface area (Å²) in [7, 11) is 1.71. The number of halogens is 1. The normalized spacial score (nSPS) is 12.1. The third-order valence-corrected chi connectivity index (χ3v) is 3.54. The summed E-state index contributed by atoms with van der Waals surface area (Å²) in [5, 5.41) is 0. The molecule has 0 aromatic heterocycles. The first kappa shape index (κ1) is 9.91. The van der Waals surface area contributed by atoms with Gasteiger partial charge in [0.2, 0.25) is 0 Å². The largest absolute Gasteiger partial charge is 0.497 e. The summed E-state index contributed by atoms with van der Waals surface area (Å²) in [5.41, 5.74) is 5.43. The van der Waals surface area contributed by atoms with Crippen molar-refractivity contribution in [3.63, 3.8) is 0 Å². The van der Waals surface area contributed by atoms with Crippen LogP contribution in [0.3, 0.4) is 0 Å². The number of hydrogen-bond donors (Lipinski definition) is 0. The Balaban J connectivity index is 2.16. The van der Waals surface area contributed by atoms with Crippen molar-refractivity contribution < 1.29 is 4.74 Å². The van der Waals surface area contributed by atoms with Crippen molar-refractivity contribution in [2.24, 2.45) is 0 Å². The Labute approximate surface area is 103 Å². The van der Waals surface area contributed by atoms with Crippen LogP contribution in [-0.2, 0) is 6.42 Å². The van der Waals surface area contributed by atoms with E-state index in [0.29, 0.717) is 0 Å². The number of hydrogen-bond acceptors (Lipinski definition) is 1. The van der Waals surface area contributed by atoms with E-state index in [1.807, 2.05) is 6.07 Å². The Morgan fingerprint density at radius 1 is 1.00 bits per heavy atom. The van der Waals surface area contributed by atoms with E-state index in [9.17, 15) is 0 Å². The zero-order valence-corrected chi connectivity index (χ0v) is 10.5. The molecule has 0 atom stereocenters. The van der Waals surface area contributed by atoms with Crippen molar-refractivity contribution in [2.45, 2.75) is 6.42 Å². The van der Waals surface area contributed by atoms with Crippen LogP contribution >= 0.6 is 15.9 Å². The highest BCUT2D eigenvalue weighted by Crippen LogP contribution is 2.39. The lowest BCUT2D eigenvalue weighted by Crippen LogP contribution is -1.85. The van der Waals surface area contributed by atoms with Gasteiger partial charge in [-0.3, -0.25) is 0 Å². The standard InChI is InChI=1S/C14H11BrO/c1-16-12-3-5-14-10(8-12)6-9-7-11(15)2-4-13(9)14/h2-5,7-8H,6H2,1H3. The van der Waals surface area contributed by atoms with Gasteiger partial charge in [0.05, 0.1) is 7.11 Å². The molecule has 0 heterocycles. The number of ether oxygens (including phenoxy) is 1. The minimum absolute atomic E-state index is 0.936. The number of methoxy groups -OCH3 is 1. The predicted molar refractivity (Wildman–Crippen MR) is 68.9 cm³/mol. The first-order valence-electron chi connectivity index (χ1n) is 5.23. The molecule has 0 spiro atoms. The van der Waals surface area contributed by atoms with Crippen LogP contribution in [0.15, 0.2) is 40.9 Å². The Bertz CT molecular complexity index is 561. The highest BCUT2D eigenvalue weighted by atomic mass is 79.9. The van der Waals surface area contributed by atoms with E-state index in [1.165, 1.54) is 22.3 Å². The molecule has 1 aliphatic carbocycles. The van der Waals surface area contributed by atoms with Crippen LogP contribution in [0.4, 0.5) is 0 Å². The molecule has 0 bridgehead atoms. The van der Waals surface area contributed by atoms with Crippen LogP contribution in [-0.4, -0.2) is 7.11 Å². The number of benzene rings is 2. The van der Waals surface area contributed by atoms with E-state index in [-0.39, 0.29) is 0 Å². The molecule has 1 aliphatic rings.